The predicted octanol–water partition coefficient (Wildman–Crippen LogP) is 7.49. The standard InChI is InChI=1S/C31H26FN2/c1-19-16-20(2)21(3)26(17-19)29-14-12-22-18-23(13-15-28(22)33(29)4)34-30-11-6-5-8-24(30)25-9-7-10-27(32)31(25)34/h5-18H,1-4H3/q+1. The lowest BCUT2D eigenvalue weighted by atomic mass is 9.97. The minimum Gasteiger partial charge on any atom is -0.306 e. The van der Waals surface area contributed by atoms with Crippen molar-refractivity contribution in [1.82, 2.24) is 4.57 Å². The van der Waals surface area contributed by atoms with Gasteiger partial charge in [0.1, 0.15) is 12.9 Å². The summed E-state index contributed by atoms with van der Waals surface area (Å²) in [6, 6.07) is 28.7. The molecule has 0 unspecified atom stereocenters. The van der Waals surface area contributed by atoms with Gasteiger partial charge in [-0.05, 0) is 68.3 Å². The van der Waals surface area contributed by atoms with Crippen LogP contribution in [-0.4, -0.2) is 4.57 Å². The fourth-order valence-electron chi connectivity index (χ4n) is 5.35. The van der Waals surface area contributed by atoms with Gasteiger partial charge in [0.15, 0.2) is 0 Å². The van der Waals surface area contributed by atoms with E-state index in [0.717, 1.165) is 32.9 Å². The molecule has 0 fully saturated rings. The van der Waals surface area contributed by atoms with Gasteiger partial charge in [0.2, 0.25) is 11.2 Å². The Morgan fingerprint density at radius 2 is 1.56 bits per heavy atom. The molecule has 2 heterocycles. The number of pyridine rings is 1. The second-order valence-electron chi connectivity index (χ2n) is 9.26. The van der Waals surface area contributed by atoms with Crippen LogP contribution in [-0.2, 0) is 7.05 Å². The van der Waals surface area contributed by atoms with Gasteiger partial charge in [-0.15, -0.1) is 0 Å². The van der Waals surface area contributed by atoms with Crippen LogP contribution in [0.15, 0.2) is 84.9 Å². The second-order valence-corrected chi connectivity index (χ2v) is 9.26. The average Bonchev–Trinajstić information content (AvgIpc) is 3.17. The first-order chi connectivity index (χ1) is 16.4. The maximum atomic E-state index is 15.1. The summed E-state index contributed by atoms with van der Waals surface area (Å²) < 4.78 is 19.4. The molecule has 0 spiro atoms. The second kappa shape index (κ2) is 7.53. The molecule has 0 saturated heterocycles. The Bertz CT molecular complexity index is 1760. The number of halogens is 1. The van der Waals surface area contributed by atoms with Gasteiger partial charge >= 0.3 is 0 Å². The Labute approximate surface area is 198 Å². The molecular formula is C31H26FN2+. The van der Waals surface area contributed by atoms with Gasteiger partial charge in [0.25, 0.3) is 0 Å². The summed E-state index contributed by atoms with van der Waals surface area (Å²) in [6.07, 6.45) is 0. The summed E-state index contributed by atoms with van der Waals surface area (Å²) in [5.41, 5.74) is 10.0. The van der Waals surface area contributed by atoms with E-state index in [9.17, 15) is 0 Å². The Kier molecular flexibility index (Phi) is 4.56. The largest absolute Gasteiger partial charge is 0.306 e. The Morgan fingerprint density at radius 1 is 0.765 bits per heavy atom. The summed E-state index contributed by atoms with van der Waals surface area (Å²) in [7, 11) is 2.12. The minimum atomic E-state index is -0.208. The predicted molar refractivity (Wildman–Crippen MR) is 139 cm³/mol. The third-order valence-electron chi connectivity index (χ3n) is 7.15. The quantitative estimate of drug-likeness (QED) is 0.244. The highest BCUT2D eigenvalue weighted by atomic mass is 19.1. The Hall–Kier alpha value is -3.98. The lowest BCUT2D eigenvalue weighted by molar-refractivity contribution is -0.633. The van der Waals surface area contributed by atoms with Gasteiger partial charge < -0.3 is 4.57 Å². The van der Waals surface area contributed by atoms with Crippen LogP contribution in [0.3, 0.4) is 0 Å². The molecule has 0 aliphatic heterocycles. The van der Waals surface area contributed by atoms with Gasteiger partial charge in [0, 0.05) is 39.5 Å². The van der Waals surface area contributed by atoms with E-state index in [-0.39, 0.29) is 5.82 Å². The lowest BCUT2D eigenvalue weighted by Crippen LogP contribution is -2.32. The molecule has 0 bridgehead atoms. The molecular weight excluding hydrogens is 419 g/mol. The van der Waals surface area contributed by atoms with Gasteiger partial charge in [-0.3, -0.25) is 0 Å². The maximum absolute atomic E-state index is 15.1. The molecule has 6 rings (SSSR count). The van der Waals surface area contributed by atoms with Gasteiger partial charge in [-0.2, -0.15) is 4.57 Å². The van der Waals surface area contributed by atoms with Crippen molar-refractivity contribution in [3.8, 4) is 16.9 Å². The van der Waals surface area contributed by atoms with Crippen molar-refractivity contribution in [2.75, 3.05) is 0 Å². The zero-order valence-corrected chi connectivity index (χ0v) is 19.9. The molecule has 3 heteroatoms. The first kappa shape index (κ1) is 20.6. The summed E-state index contributed by atoms with van der Waals surface area (Å²) >= 11 is 0. The van der Waals surface area contributed by atoms with E-state index < -0.39 is 0 Å². The maximum Gasteiger partial charge on any atom is 0.213 e. The zero-order valence-electron chi connectivity index (χ0n) is 19.9. The smallest absolute Gasteiger partial charge is 0.213 e. The molecule has 0 N–H and O–H groups in total. The van der Waals surface area contributed by atoms with E-state index in [2.05, 4.69) is 87.0 Å². The number of nitrogens with zero attached hydrogens (tertiary/aromatic N) is 2. The van der Waals surface area contributed by atoms with E-state index >= 15 is 4.39 Å². The molecule has 166 valence electrons. The van der Waals surface area contributed by atoms with Crippen LogP contribution in [0.4, 0.5) is 4.39 Å². The highest BCUT2D eigenvalue weighted by molar-refractivity contribution is 6.09. The molecule has 2 nitrogen and oxygen atoms in total. The number of rotatable bonds is 2. The minimum absolute atomic E-state index is 0.208. The van der Waals surface area contributed by atoms with Crippen LogP contribution in [0, 0.1) is 26.6 Å². The number of aryl methyl sites for hydroxylation is 3. The monoisotopic (exact) mass is 445 g/mol. The molecule has 4 aromatic carbocycles. The molecule has 0 aliphatic rings. The van der Waals surface area contributed by atoms with E-state index in [0.29, 0.717) is 5.52 Å². The van der Waals surface area contributed by atoms with Crippen molar-refractivity contribution in [1.29, 1.82) is 0 Å². The third-order valence-corrected chi connectivity index (χ3v) is 7.15. The van der Waals surface area contributed by atoms with Crippen molar-refractivity contribution in [3.63, 3.8) is 0 Å². The highest BCUT2D eigenvalue weighted by Gasteiger charge is 2.19. The fraction of sp³-hybridized carbons (Fsp3) is 0.129. The molecule has 0 atom stereocenters. The van der Waals surface area contributed by atoms with E-state index in [1.807, 2.05) is 22.8 Å². The van der Waals surface area contributed by atoms with E-state index in [1.165, 1.54) is 34.0 Å². The van der Waals surface area contributed by atoms with Crippen molar-refractivity contribution in [2.24, 2.45) is 7.05 Å². The molecule has 0 amide bonds. The summed E-state index contributed by atoms with van der Waals surface area (Å²) in [6.45, 7) is 6.51. The van der Waals surface area contributed by atoms with Crippen LogP contribution in [0.2, 0.25) is 0 Å². The summed E-state index contributed by atoms with van der Waals surface area (Å²) in [4.78, 5) is 0. The number of fused-ring (bicyclic) bond motifs is 4. The van der Waals surface area contributed by atoms with Gasteiger partial charge in [0.05, 0.1) is 11.0 Å². The van der Waals surface area contributed by atoms with Crippen molar-refractivity contribution >= 4 is 32.7 Å². The normalized spacial score (nSPS) is 11.7. The first-order valence-corrected chi connectivity index (χ1v) is 11.6. The van der Waals surface area contributed by atoms with Crippen molar-refractivity contribution < 1.29 is 8.96 Å². The Balaban J connectivity index is 1.60. The van der Waals surface area contributed by atoms with Crippen LogP contribution in [0.1, 0.15) is 16.7 Å². The van der Waals surface area contributed by atoms with Crippen LogP contribution < -0.4 is 4.57 Å². The van der Waals surface area contributed by atoms with Crippen molar-refractivity contribution in [2.45, 2.75) is 20.8 Å². The van der Waals surface area contributed by atoms with Crippen molar-refractivity contribution in [3.05, 3.63) is 107 Å². The topological polar surface area (TPSA) is 8.81 Å². The first-order valence-electron chi connectivity index (χ1n) is 11.6. The Morgan fingerprint density at radius 3 is 2.41 bits per heavy atom. The summed E-state index contributed by atoms with van der Waals surface area (Å²) in [5.74, 6) is -0.208. The summed E-state index contributed by atoms with van der Waals surface area (Å²) in [5, 5.41) is 3.11. The number of hydrogen-bond donors (Lipinski definition) is 0. The molecule has 0 radical (unpaired) electrons. The highest BCUT2D eigenvalue weighted by Crippen LogP contribution is 2.34. The molecule has 2 aromatic heterocycles. The number of aromatic nitrogens is 2. The molecule has 6 aromatic rings. The number of para-hydroxylation sites is 2. The molecule has 0 saturated carbocycles. The number of benzene rings is 4. The van der Waals surface area contributed by atoms with Crippen LogP contribution in [0.5, 0.6) is 0 Å². The fourth-order valence-corrected chi connectivity index (χ4v) is 5.35. The SMILES string of the molecule is Cc1cc(C)c(C)c(-c2ccc3cc(-n4c5ccccc5c5cccc(F)c54)ccc3[n+]2C)c1. The van der Waals surface area contributed by atoms with E-state index in [4.69, 9.17) is 0 Å². The van der Waals surface area contributed by atoms with E-state index in [1.54, 1.807) is 6.07 Å². The molecule has 0 aliphatic carbocycles. The average molecular weight is 446 g/mol. The van der Waals surface area contributed by atoms with Crippen LogP contribution >= 0.6 is 0 Å². The number of hydrogen-bond acceptors (Lipinski definition) is 0. The van der Waals surface area contributed by atoms with Gasteiger partial charge in [-0.25, -0.2) is 4.39 Å². The van der Waals surface area contributed by atoms with Crippen LogP contribution in [0.25, 0.3) is 49.7 Å². The zero-order chi connectivity index (χ0) is 23.6. The van der Waals surface area contributed by atoms with Gasteiger partial charge in [-0.1, -0.05) is 42.0 Å². The third kappa shape index (κ3) is 2.97. The molecule has 34 heavy (non-hydrogen) atoms. The lowest BCUT2D eigenvalue weighted by Gasteiger charge is -2.12.